The van der Waals surface area contributed by atoms with Gasteiger partial charge in [-0.15, -0.1) is 0 Å². The number of carbonyl (C=O) groups excluding carboxylic acids is 1. The van der Waals surface area contributed by atoms with Crippen molar-refractivity contribution in [2.45, 2.75) is 75.4 Å². The summed E-state index contributed by atoms with van der Waals surface area (Å²) in [5, 5.41) is 0. The van der Waals surface area contributed by atoms with Gasteiger partial charge in [-0.3, -0.25) is 4.79 Å². The van der Waals surface area contributed by atoms with Crippen LogP contribution in [0.15, 0.2) is 36.4 Å². The fraction of sp³-hybridized carbons (Fsp3) is 0.552. The third-order valence-corrected chi connectivity index (χ3v) is 8.43. The number of hydrogen-bond acceptors (Lipinski definition) is 9. The number of benzene rings is 2. The van der Waals surface area contributed by atoms with Crippen LogP contribution in [-0.2, 0) is 33.9 Å². The summed E-state index contributed by atoms with van der Waals surface area (Å²) in [6.45, 7) is 8.85. The van der Waals surface area contributed by atoms with Crippen LogP contribution in [0.25, 0.3) is 0 Å². The molecule has 6 atom stereocenters. The van der Waals surface area contributed by atoms with Gasteiger partial charge in [-0.25, -0.2) is 0 Å². The maximum Gasteiger partial charge on any atom is 0.245 e. The molecule has 2 aromatic carbocycles. The van der Waals surface area contributed by atoms with E-state index >= 15 is 0 Å². The van der Waals surface area contributed by atoms with E-state index in [4.69, 9.17) is 37.9 Å². The minimum atomic E-state index is -1.00. The van der Waals surface area contributed by atoms with Crippen LogP contribution in [0.1, 0.15) is 38.8 Å². The van der Waals surface area contributed by atoms with Crippen molar-refractivity contribution in [2.24, 2.45) is 0 Å². The van der Waals surface area contributed by atoms with E-state index in [2.05, 4.69) is 0 Å². The number of fused-ring (bicyclic) bond motifs is 8. The molecule has 0 aromatic heterocycles. The molecule has 1 unspecified atom stereocenters. The van der Waals surface area contributed by atoms with E-state index < -0.39 is 47.7 Å². The van der Waals surface area contributed by atoms with Gasteiger partial charge in [0.25, 0.3) is 0 Å². The Kier molecular flexibility index (Phi) is 4.82. The van der Waals surface area contributed by atoms with Crippen molar-refractivity contribution < 1.29 is 42.7 Å². The summed E-state index contributed by atoms with van der Waals surface area (Å²) in [5.74, 6) is 0.165. The van der Waals surface area contributed by atoms with Gasteiger partial charge in [-0.05, 0) is 45.4 Å². The molecule has 10 heteroatoms. The summed E-state index contributed by atoms with van der Waals surface area (Å²) in [7, 11) is 0. The molecule has 206 valence electrons. The first-order chi connectivity index (χ1) is 18.7. The SMILES string of the molecule is CC1(C)O[C@H]2[C@@H](O1)[C@@H](CN1C(=O)C3(COc4cc5c(cc43)OCCO5)c3ccccc31)O[C@@H]1OC(C)(C)O[C@@H]12. The van der Waals surface area contributed by atoms with Crippen LogP contribution in [0, 0.1) is 0 Å². The van der Waals surface area contributed by atoms with Crippen molar-refractivity contribution in [2.75, 3.05) is 31.3 Å². The fourth-order valence-electron chi connectivity index (χ4n) is 6.91. The second kappa shape index (κ2) is 7.86. The summed E-state index contributed by atoms with van der Waals surface area (Å²) >= 11 is 0. The van der Waals surface area contributed by atoms with Crippen LogP contribution in [0.5, 0.6) is 17.2 Å². The van der Waals surface area contributed by atoms with E-state index in [1.54, 1.807) is 4.90 Å². The van der Waals surface area contributed by atoms with Crippen molar-refractivity contribution in [3.63, 3.8) is 0 Å². The maximum atomic E-state index is 14.5. The number of amides is 1. The Morgan fingerprint density at radius 1 is 0.795 bits per heavy atom. The molecule has 6 aliphatic heterocycles. The molecule has 1 spiro atoms. The van der Waals surface area contributed by atoms with E-state index in [0.717, 1.165) is 16.8 Å². The van der Waals surface area contributed by atoms with Crippen molar-refractivity contribution in [3.8, 4) is 17.2 Å². The number of hydrogen-bond donors (Lipinski definition) is 0. The predicted molar refractivity (Wildman–Crippen MR) is 135 cm³/mol. The Labute approximate surface area is 225 Å². The van der Waals surface area contributed by atoms with Gasteiger partial charge in [0, 0.05) is 17.3 Å². The minimum absolute atomic E-state index is 0.0801. The average molecular weight is 538 g/mol. The Hall–Kier alpha value is -2.89. The zero-order chi connectivity index (χ0) is 26.7. The molecule has 0 radical (unpaired) electrons. The molecule has 0 aliphatic carbocycles. The highest BCUT2D eigenvalue weighted by Gasteiger charge is 2.63. The molecule has 10 nitrogen and oxygen atoms in total. The third-order valence-electron chi connectivity index (χ3n) is 8.43. The first kappa shape index (κ1) is 24.0. The van der Waals surface area contributed by atoms with Gasteiger partial charge in [0.15, 0.2) is 29.4 Å². The van der Waals surface area contributed by atoms with E-state index in [-0.39, 0.29) is 19.1 Å². The summed E-state index contributed by atoms with van der Waals surface area (Å²) in [6.07, 6.45) is -2.42. The van der Waals surface area contributed by atoms with E-state index in [1.165, 1.54) is 0 Å². The van der Waals surface area contributed by atoms with Crippen LogP contribution in [0.2, 0.25) is 0 Å². The molecule has 1 amide bonds. The molecule has 6 aliphatic rings. The Morgan fingerprint density at radius 2 is 1.49 bits per heavy atom. The number of anilines is 1. The predicted octanol–water partition coefficient (Wildman–Crippen LogP) is 2.88. The van der Waals surface area contributed by atoms with Crippen LogP contribution >= 0.6 is 0 Å². The molecule has 39 heavy (non-hydrogen) atoms. The average Bonchev–Trinajstić information content (AvgIpc) is 3.59. The molecule has 6 heterocycles. The van der Waals surface area contributed by atoms with Gasteiger partial charge in [0.1, 0.15) is 55.4 Å². The number of para-hydroxylation sites is 1. The zero-order valence-electron chi connectivity index (χ0n) is 22.3. The van der Waals surface area contributed by atoms with E-state index in [9.17, 15) is 4.79 Å². The lowest BCUT2D eigenvalue weighted by Crippen LogP contribution is -2.58. The largest absolute Gasteiger partial charge is 0.491 e. The molecule has 0 saturated carbocycles. The monoisotopic (exact) mass is 537 g/mol. The molecular formula is C29H31NO9. The standard InChI is InChI=1S/C29H31NO9/c1-27(2)36-22-21(35-25-24(23(22)37-27)38-28(3,4)39-25)13-30-17-8-6-5-7-15(17)29(26(30)31)14-34-18-12-20-19(11-16(18)29)32-9-10-33-20/h5-8,11-12,21-25H,9-10,13-14H2,1-4H3/t21-,22+,23+,24-,25-,29?/m1/s1. The van der Waals surface area contributed by atoms with Crippen LogP contribution in [0.3, 0.4) is 0 Å². The van der Waals surface area contributed by atoms with E-state index in [0.29, 0.717) is 30.5 Å². The molecule has 3 fully saturated rings. The van der Waals surface area contributed by atoms with Gasteiger partial charge in [0.05, 0.1) is 6.54 Å². The number of rotatable bonds is 2. The highest BCUT2D eigenvalue weighted by molar-refractivity contribution is 6.11. The minimum Gasteiger partial charge on any atom is -0.491 e. The lowest BCUT2D eigenvalue weighted by Gasteiger charge is -2.39. The highest BCUT2D eigenvalue weighted by Crippen LogP contribution is 2.55. The topological polar surface area (TPSA) is 94.2 Å². The molecule has 2 aromatic rings. The second-order valence-electron chi connectivity index (χ2n) is 11.8. The lowest BCUT2D eigenvalue weighted by atomic mass is 9.77. The quantitative estimate of drug-likeness (QED) is 0.573. The van der Waals surface area contributed by atoms with Crippen molar-refractivity contribution in [3.05, 3.63) is 47.5 Å². The number of nitrogens with zero attached hydrogens (tertiary/aromatic N) is 1. The van der Waals surface area contributed by atoms with Crippen molar-refractivity contribution >= 4 is 11.6 Å². The molecular weight excluding hydrogens is 506 g/mol. The Morgan fingerprint density at radius 3 is 2.31 bits per heavy atom. The molecule has 0 bridgehead atoms. The summed E-state index contributed by atoms with van der Waals surface area (Å²) in [4.78, 5) is 16.3. The van der Waals surface area contributed by atoms with Crippen LogP contribution < -0.4 is 19.1 Å². The first-order valence-corrected chi connectivity index (χ1v) is 13.5. The summed E-state index contributed by atoms with van der Waals surface area (Å²) < 4.78 is 49.1. The van der Waals surface area contributed by atoms with Crippen molar-refractivity contribution in [1.82, 2.24) is 0 Å². The molecule has 8 rings (SSSR count). The zero-order valence-corrected chi connectivity index (χ0v) is 22.3. The molecule has 0 N–H and O–H groups in total. The summed E-state index contributed by atoms with van der Waals surface area (Å²) in [5.41, 5.74) is 1.49. The van der Waals surface area contributed by atoms with E-state index in [1.807, 2.05) is 64.1 Å². The van der Waals surface area contributed by atoms with Gasteiger partial charge in [-0.1, -0.05) is 18.2 Å². The summed E-state index contributed by atoms with van der Waals surface area (Å²) in [6, 6.07) is 11.6. The lowest BCUT2D eigenvalue weighted by molar-refractivity contribution is -0.231. The smallest absolute Gasteiger partial charge is 0.245 e. The Balaban J connectivity index is 1.17. The highest BCUT2D eigenvalue weighted by atomic mass is 16.9. The van der Waals surface area contributed by atoms with Gasteiger partial charge >= 0.3 is 0 Å². The fourth-order valence-corrected chi connectivity index (χ4v) is 6.91. The van der Waals surface area contributed by atoms with Gasteiger partial charge in [0.2, 0.25) is 5.91 Å². The number of carbonyl (C=O) groups is 1. The first-order valence-electron chi connectivity index (χ1n) is 13.5. The Bertz CT molecular complexity index is 1370. The van der Waals surface area contributed by atoms with Gasteiger partial charge < -0.3 is 42.8 Å². The van der Waals surface area contributed by atoms with Crippen LogP contribution in [-0.4, -0.2) is 74.6 Å². The van der Waals surface area contributed by atoms with Crippen LogP contribution in [0.4, 0.5) is 5.69 Å². The third kappa shape index (κ3) is 3.35. The van der Waals surface area contributed by atoms with Gasteiger partial charge in [-0.2, -0.15) is 0 Å². The molecule has 3 saturated heterocycles. The number of ether oxygens (including phenoxy) is 8. The maximum absolute atomic E-state index is 14.5. The normalized spacial score (nSPS) is 36.4. The second-order valence-corrected chi connectivity index (χ2v) is 11.8. The van der Waals surface area contributed by atoms with Crippen molar-refractivity contribution in [1.29, 1.82) is 0 Å².